The zero-order chi connectivity index (χ0) is 17.7. The number of ether oxygens (including phenoxy) is 1. The second-order valence-corrected chi connectivity index (χ2v) is 6.84. The molecular formula is C17H15ClNNaO4S. The molecule has 0 unspecified atom stereocenters. The summed E-state index contributed by atoms with van der Waals surface area (Å²) >= 11 is 5.82. The van der Waals surface area contributed by atoms with Crippen LogP contribution in [0.2, 0.25) is 5.02 Å². The predicted molar refractivity (Wildman–Crippen MR) is 93.7 cm³/mol. The van der Waals surface area contributed by atoms with Crippen molar-refractivity contribution in [1.29, 1.82) is 0 Å². The molecule has 0 saturated carbocycles. The summed E-state index contributed by atoms with van der Waals surface area (Å²) in [6.45, 7) is 1.66. The molecule has 0 radical (unpaired) electrons. The third kappa shape index (κ3) is 6.17. The Labute approximate surface area is 174 Å². The van der Waals surface area contributed by atoms with Crippen LogP contribution in [-0.4, -0.2) is 21.4 Å². The van der Waals surface area contributed by atoms with Gasteiger partial charge in [-0.1, -0.05) is 35.9 Å². The minimum atomic E-state index is -4.07. The third-order valence-electron chi connectivity index (χ3n) is 3.19. The van der Waals surface area contributed by atoms with Gasteiger partial charge in [0.1, 0.15) is 5.75 Å². The molecule has 0 aliphatic heterocycles. The van der Waals surface area contributed by atoms with Gasteiger partial charge in [0.25, 0.3) is 10.0 Å². The minimum Gasteiger partial charge on any atom is -0.858 e. The molecule has 25 heavy (non-hydrogen) atoms. The largest absolute Gasteiger partial charge is 1.00 e. The van der Waals surface area contributed by atoms with Crippen molar-refractivity contribution in [1.82, 2.24) is 0 Å². The Kier molecular flexibility index (Phi) is 8.18. The molecule has 126 valence electrons. The Morgan fingerprint density at radius 1 is 1.24 bits per heavy atom. The number of methoxy groups -OCH3 is 1. The van der Waals surface area contributed by atoms with Crippen LogP contribution in [0.3, 0.4) is 0 Å². The van der Waals surface area contributed by atoms with Crippen molar-refractivity contribution < 1.29 is 47.8 Å². The first kappa shape index (κ1) is 21.7. The van der Waals surface area contributed by atoms with Crippen LogP contribution in [0.15, 0.2) is 52.3 Å². The van der Waals surface area contributed by atoms with Crippen LogP contribution >= 0.6 is 11.6 Å². The molecule has 0 spiro atoms. The number of rotatable bonds is 5. The predicted octanol–water partition coefficient (Wildman–Crippen LogP) is -0.231. The van der Waals surface area contributed by atoms with E-state index in [1.54, 1.807) is 37.3 Å². The quantitative estimate of drug-likeness (QED) is 0.403. The van der Waals surface area contributed by atoms with Crippen LogP contribution in [0.1, 0.15) is 16.7 Å². The van der Waals surface area contributed by atoms with Crippen molar-refractivity contribution >= 4 is 33.6 Å². The third-order valence-corrected chi connectivity index (χ3v) is 4.32. The number of halogens is 1. The number of benzene rings is 2. The summed E-state index contributed by atoms with van der Waals surface area (Å²) in [7, 11) is -2.59. The van der Waals surface area contributed by atoms with E-state index in [2.05, 4.69) is 4.40 Å². The summed E-state index contributed by atoms with van der Waals surface area (Å²) in [6.07, 6.45) is 1.33. The Morgan fingerprint density at radius 3 is 2.56 bits per heavy atom. The van der Waals surface area contributed by atoms with E-state index in [9.17, 15) is 13.5 Å². The summed E-state index contributed by atoms with van der Waals surface area (Å²) in [4.78, 5) is 0. The minimum absolute atomic E-state index is 0. The van der Waals surface area contributed by atoms with E-state index in [0.29, 0.717) is 21.9 Å². The maximum absolute atomic E-state index is 12.1. The SMILES string of the molecule is COc1ccccc1/C=C/S(=O)(=O)/N=C(\[O-])c1ccc(Cl)cc1C.[Na+]. The molecule has 0 bridgehead atoms. The van der Waals surface area contributed by atoms with E-state index in [0.717, 1.165) is 5.41 Å². The zero-order valence-electron chi connectivity index (χ0n) is 14.1. The van der Waals surface area contributed by atoms with Crippen molar-refractivity contribution in [3.63, 3.8) is 0 Å². The molecule has 2 aromatic carbocycles. The Hall–Kier alpha value is -1.31. The molecule has 0 atom stereocenters. The molecule has 2 rings (SSSR count). The molecule has 0 saturated heterocycles. The van der Waals surface area contributed by atoms with E-state index in [4.69, 9.17) is 16.3 Å². The fraction of sp³-hybridized carbons (Fsp3) is 0.118. The van der Waals surface area contributed by atoms with Crippen molar-refractivity contribution in [2.45, 2.75) is 6.92 Å². The zero-order valence-corrected chi connectivity index (χ0v) is 17.6. The van der Waals surface area contributed by atoms with Gasteiger partial charge in [0.2, 0.25) is 0 Å². The maximum atomic E-state index is 12.1. The number of hydrogen-bond donors (Lipinski definition) is 0. The normalized spacial score (nSPS) is 12.0. The van der Waals surface area contributed by atoms with Gasteiger partial charge in [0.15, 0.2) is 0 Å². The Balaban J connectivity index is 0.00000312. The summed E-state index contributed by atoms with van der Waals surface area (Å²) in [6, 6.07) is 11.4. The van der Waals surface area contributed by atoms with Gasteiger partial charge in [-0.25, -0.2) is 0 Å². The average Bonchev–Trinajstić information content (AvgIpc) is 2.52. The van der Waals surface area contributed by atoms with Gasteiger partial charge in [-0.15, -0.1) is 0 Å². The van der Waals surface area contributed by atoms with Crippen molar-refractivity contribution in [2.24, 2.45) is 4.40 Å². The van der Waals surface area contributed by atoms with Gasteiger partial charge in [-0.05, 0) is 42.3 Å². The van der Waals surface area contributed by atoms with Crippen molar-refractivity contribution in [2.75, 3.05) is 7.11 Å². The fourth-order valence-corrected chi connectivity index (χ4v) is 2.96. The van der Waals surface area contributed by atoms with Gasteiger partial charge in [-0.3, -0.25) is 0 Å². The second-order valence-electron chi connectivity index (χ2n) is 4.92. The van der Waals surface area contributed by atoms with Crippen LogP contribution < -0.4 is 39.4 Å². The summed E-state index contributed by atoms with van der Waals surface area (Å²) in [5.74, 6) is -0.322. The molecule has 0 N–H and O–H groups in total. The Bertz CT molecular complexity index is 911. The van der Waals surface area contributed by atoms with E-state index < -0.39 is 15.9 Å². The van der Waals surface area contributed by atoms with Gasteiger partial charge >= 0.3 is 29.6 Å². The summed E-state index contributed by atoms with van der Waals surface area (Å²) < 4.78 is 32.5. The van der Waals surface area contributed by atoms with E-state index in [1.807, 2.05) is 0 Å². The molecule has 0 aliphatic carbocycles. The molecule has 0 aliphatic rings. The van der Waals surface area contributed by atoms with Crippen LogP contribution in [0.25, 0.3) is 6.08 Å². The summed E-state index contributed by atoms with van der Waals surface area (Å²) in [5.41, 5.74) is 1.31. The van der Waals surface area contributed by atoms with Crippen LogP contribution in [0, 0.1) is 6.92 Å². The topological polar surface area (TPSA) is 78.8 Å². The number of para-hydroxylation sites is 1. The van der Waals surface area contributed by atoms with Crippen LogP contribution in [-0.2, 0) is 10.0 Å². The number of hydrogen-bond acceptors (Lipinski definition) is 4. The molecule has 8 heteroatoms. The first-order valence-corrected chi connectivity index (χ1v) is 8.80. The van der Waals surface area contributed by atoms with Gasteiger partial charge in [-0.2, -0.15) is 12.8 Å². The molecule has 0 fully saturated rings. The fourth-order valence-electron chi connectivity index (χ4n) is 2.03. The van der Waals surface area contributed by atoms with E-state index in [1.165, 1.54) is 25.3 Å². The number of aryl methyl sites for hydroxylation is 1. The maximum Gasteiger partial charge on any atom is 1.00 e. The van der Waals surface area contributed by atoms with E-state index in [-0.39, 0.29) is 35.1 Å². The van der Waals surface area contributed by atoms with Gasteiger partial charge in [0, 0.05) is 16.5 Å². The molecule has 2 aromatic rings. The van der Waals surface area contributed by atoms with Crippen molar-refractivity contribution in [3.8, 4) is 5.75 Å². The number of sulfonamides is 1. The molecule has 5 nitrogen and oxygen atoms in total. The standard InChI is InChI=1S/C17H16ClNO4S.Na/c1-12-11-14(18)7-8-15(12)17(20)19-24(21,22)10-9-13-5-3-4-6-16(13)23-2;/h3-11H,1-2H3,(H,19,20);/q;+1/p-1/b10-9+;. The van der Waals surface area contributed by atoms with Crippen molar-refractivity contribution in [3.05, 3.63) is 69.6 Å². The first-order valence-electron chi connectivity index (χ1n) is 6.92. The van der Waals surface area contributed by atoms with Gasteiger partial charge < -0.3 is 9.84 Å². The molecule has 0 amide bonds. The van der Waals surface area contributed by atoms with E-state index >= 15 is 0 Å². The second kappa shape index (κ2) is 9.40. The average molecular weight is 388 g/mol. The van der Waals surface area contributed by atoms with Crippen LogP contribution in [0.5, 0.6) is 5.75 Å². The first-order chi connectivity index (χ1) is 11.3. The van der Waals surface area contributed by atoms with Crippen LogP contribution in [0.4, 0.5) is 0 Å². The monoisotopic (exact) mass is 387 g/mol. The number of nitrogens with zero attached hydrogens (tertiary/aromatic N) is 1. The molecular weight excluding hydrogens is 373 g/mol. The molecule has 0 aromatic heterocycles. The molecule has 0 heterocycles. The Morgan fingerprint density at radius 2 is 1.92 bits per heavy atom. The van der Waals surface area contributed by atoms with Gasteiger partial charge in [0.05, 0.1) is 12.5 Å². The smallest absolute Gasteiger partial charge is 0.858 e. The summed E-state index contributed by atoms with van der Waals surface area (Å²) in [5, 5.41) is 13.4.